The SMILES string of the molecule is CCOC(=O)c1ccc2c(c1)sc(=NC(=O)c1ccc(N3C(=O)CCC3=O)cc1)n2C. The first-order chi connectivity index (χ1) is 14.9. The van der Waals surface area contributed by atoms with E-state index in [9.17, 15) is 19.2 Å². The topological polar surface area (TPSA) is 98.0 Å². The molecule has 1 aromatic heterocycles. The fourth-order valence-corrected chi connectivity index (χ4v) is 4.41. The van der Waals surface area contributed by atoms with Crippen molar-refractivity contribution in [1.29, 1.82) is 0 Å². The molecule has 158 valence electrons. The smallest absolute Gasteiger partial charge is 0.338 e. The number of hydrogen-bond donors (Lipinski definition) is 0. The fraction of sp³-hybridized carbons (Fsp3) is 0.227. The molecule has 1 saturated heterocycles. The Labute approximate surface area is 181 Å². The summed E-state index contributed by atoms with van der Waals surface area (Å²) in [6.07, 6.45) is 0.407. The Morgan fingerprint density at radius 3 is 2.32 bits per heavy atom. The number of nitrogens with zero attached hydrogens (tertiary/aromatic N) is 3. The second-order valence-electron chi connectivity index (χ2n) is 6.93. The van der Waals surface area contributed by atoms with Crippen molar-refractivity contribution in [2.24, 2.45) is 12.0 Å². The van der Waals surface area contributed by atoms with E-state index >= 15 is 0 Å². The zero-order valence-electron chi connectivity index (χ0n) is 17.0. The van der Waals surface area contributed by atoms with Gasteiger partial charge in [0.25, 0.3) is 5.91 Å². The van der Waals surface area contributed by atoms with Crippen molar-refractivity contribution in [3.05, 3.63) is 58.4 Å². The van der Waals surface area contributed by atoms with E-state index in [1.54, 1.807) is 61.0 Å². The van der Waals surface area contributed by atoms with Crippen LogP contribution in [0.3, 0.4) is 0 Å². The molecule has 0 bridgehead atoms. The maximum atomic E-state index is 12.7. The number of anilines is 1. The molecule has 3 amide bonds. The molecule has 0 spiro atoms. The predicted molar refractivity (Wildman–Crippen MR) is 115 cm³/mol. The lowest BCUT2D eigenvalue weighted by molar-refractivity contribution is -0.121. The molecule has 8 nitrogen and oxygen atoms in total. The van der Waals surface area contributed by atoms with Crippen LogP contribution < -0.4 is 9.70 Å². The Morgan fingerprint density at radius 1 is 1.03 bits per heavy atom. The highest BCUT2D eigenvalue weighted by Crippen LogP contribution is 2.23. The van der Waals surface area contributed by atoms with E-state index in [4.69, 9.17) is 4.74 Å². The second-order valence-corrected chi connectivity index (χ2v) is 7.94. The third-order valence-electron chi connectivity index (χ3n) is 4.94. The van der Waals surface area contributed by atoms with E-state index in [1.165, 1.54) is 11.3 Å². The van der Waals surface area contributed by atoms with Gasteiger partial charge in [0.05, 0.1) is 28.1 Å². The lowest BCUT2D eigenvalue weighted by Crippen LogP contribution is -2.28. The van der Waals surface area contributed by atoms with Crippen LogP contribution >= 0.6 is 11.3 Å². The van der Waals surface area contributed by atoms with Crippen LogP contribution in [0.15, 0.2) is 47.5 Å². The van der Waals surface area contributed by atoms with E-state index in [0.29, 0.717) is 28.2 Å². The number of aryl methyl sites for hydroxylation is 1. The van der Waals surface area contributed by atoms with E-state index < -0.39 is 11.9 Å². The zero-order valence-corrected chi connectivity index (χ0v) is 17.8. The van der Waals surface area contributed by atoms with Gasteiger partial charge in [-0.1, -0.05) is 11.3 Å². The number of imide groups is 1. The molecule has 9 heteroatoms. The second kappa shape index (κ2) is 8.27. The van der Waals surface area contributed by atoms with Gasteiger partial charge in [0, 0.05) is 25.5 Å². The molecule has 3 aromatic rings. The summed E-state index contributed by atoms with van der Waals surface area (Å²) in [7, 11) is 1.79. The average Bonchev–Trinajstić information content (AvgIpc) is 3.26. The molecule has 2 aromatic carbocycles. The van der Waals surface area contributed by atoms with Gasteiger partial charge in [-0.25, -0.2) is 4.79 Å². The highest BCUT2D eigenvalue weighted by Gasteiger charge is 2.30. The Hall–Kier alpha value is -3.59. The minimum Gasteiger partial charge on any atom is -0.462 e. The molecule has 0 atom stereocenters. The highest BCUT2D eigenvalue weighted by atomic mass is 32.1. The molecule has 31 heavy (non-hydrogen) atoms. The number of aromatic nitrogens is 1. The number of ether oxygens (including phenoxy) is 1. The van der Waals surface area contributed by atoms with Crippen molar-refractivity contribution >= 4 is 50.9 Å². The Kier molecular flexibility index (Phi) is 5.51. The maximum absolute atomic E-state index is 12.7. The molecule has 0 N–H and O–H groups in total. The van der Waals surface area contributed by atoms with Crippen LogP contribution in [0.25, 0.3) is 10.2 Å². The van der Waals surface area contributed by atoms with E-state index in [-0.39, 0.29) is 24.7 Å². The summed E-state index contributed by atoms with van der Waals surface area (Å²) in [5.74, 6) is -1.33. The molecule has 0 unspecified atom stereocenters. The van der Waals surface area contributed by atoms with E-state index in [2.05, 4.69) is 4.99 Å². The lowest BCUT2D eigenvalue weighted by Gasteiger charge is -2.13. The lowest BCUT2D eigenvalue weighted by atomic mass is 10.2. The molecule has 1 aliphatic heterocycles. The number of thiazole rings is 1. The first-order valence-electron chi connectivity index (χ1n) is 9.70. The van der Waals surface area contributed by atoms with Crippen molar-refractivity contribution in [3.63, 3.8) is 0 Å². The molecule has 2 heterocycles. The Morgan fingerprint density at radius 2 is 1.68 bits per heavy atom. The number of hydrogen-bond acceptors (Lipinski definition) is 6. The van der Waals surface area contributed by atoms with Gasteiger partial charge in [-0.15, -0.1) is 0 Å². The standard InChI is InChI=1S/C22H19N3O5S/c1-3-30-21(29)14-6-9-16-17(12-14)31-22(24(16)2)23-20(28)13-4-7-15(8-5-13)25-18(26)10-11-19(25)27/h4-9,12H,3,10-11H2,1-2H3. The predicted octanol–water partition coefficient (Wildman–Crippen LogP) is 2.81. The normalized spacial score (nSPS) is 14.5. The molecule has 0 aliphatic carbocycles. The minimum atomic E-state index is -0.446. The maximum Gasteiger partial charge on any atom is 0.338 e. The zero-order chi connectivity index (χ0) is 22.1. The van der Waals surface area contributed by atoms with Gasteiger partial charge in [0.1, 0.15) is 0 Å². The van der Waals surface area contributed by atoms with Gasteiger partial charge in [-0.3, -0.25) is 19.3 Å². The summed E-state index contributed by atoms with van der Waals surface area (Å²) in [6, 6.07) is 11.4. The van der Waals surface area contributed by atoms with Crippen LogP contribution in [0.1, 0.15) is 40.5 Å². The molecule has 1 aliphatic rings. The number of benzene rings is 2. The third kappa shape index (κ3) is 3.91. The van der Waals surface area contributed by atoms with Crippen molar-refractivity contribution in [3.8, 4) is 0 Å². The van der Waals surface area contributed by atoms with Crippen LogP contribution in [-0.2, 0) is 21.4 Å². The minimum absolute atomic E-state index is 0.204. The number of carbonyl (C=O) groups is 4. The summed E-state index contributed by atoms with van der Waals surface area (Å²) in [5.41, 5.74) is 2.07. The van der Waals surface area contributed by atoms with Crippen molar-refractivity contribution in [2.45, 2.75) is 19.8 Å². The first kappa shape index (κ1) is 20.7. The number of esters is 1. The number of rotatable bonds is 4. The molecule has 0 radical (unpaired) electrons. The van der Waals surface area contributed by atoms with E-state index in [0.717, 1.165) is 15.1 Å². The number of fused-ring (bicyclic) bond motifs is 1. The van der Waals surface area contributed by atoms with Crippen molar-refractivity contribution in [2.75, 3.05) is 11.5 Å². The Bertz CT molecular complexity index is 1270. The molecule has 0 saturated carbocycles. The van der Waals surface area contributed by atoms with Crippen molar-refractivity contribution < 1.29 is 23.9 Å². The molecule has 1 fully saturated rings. The van der Waals surface area contributed by atoms with Gasteiger partial charge < -0.3 is 9.30 Å². The number of carbonyl (C=O) groups excluding carboxylic acids is 4. The molecule has 4 rings (SSSR count). The highest BCUT2D eigenvalue weighted by molar-refractivity contribution is 7.16. The van der Waals surface area contributed by atoms with Crippen molar-refractivity contribution in [1.82, 2.24) is 4.57 Å². The van der Waals surface area contributed by atoms with Crippen LogP contribution in [0.5, 0.6) is 0 Å². The van der Waals surface area contributed by atoms with Crippen LogP contribution in [-0.4, -0.2) is 34.9 Å². The third-order valence-corrected chi connectivity index (χ3v) is 6.04. The fourth-order valence-electron chi connectivity index (χ4n) is 3.35. The van der Waals surface area contributed by atoms with Gasteiger partial charge in [-0.2, -0.15) is 4.99 Å². The van der Waals surface area contributed by atoms with Gasteiger partial charge in [0.2, 0.25) is 11.8 Å². The van der Waals surface area contributed by atoms with Gasteiger partial charge in [-0.05, 0) is 49.4 Å². The van der Waals surface area contributed by atoms with Crippen LogP contribution in [0, 0.1) is 0 Å². The summed E-state index contributed by atoms with van der Waals surface area (Å²) in [6.45, 7) is 2.04. The van der Waals surface area contributed by atoms with Crippen LogP contribution in [0.4, 0.5) is 5.69 Å². The summed E-state index contributed by atoms with van der Waals surface area (Å²) >= 11 is 1.29. The largest absolute Gasteiger partial charge is 0.462 e. The average molecular weight is 437 g/mol. The number of amides is 3. The molecular weight excluding hydrogens is 418 g/mol. The first-order valence-corrected chi connectivity index (χ1v) is 10.5. The summed E-state index contributed by atoms with van der Waals surface area (Å²) in [4.78, 5) is 54.2. The molecular formula is C22H19N3O5S. The summed E-state index contributed by atoms with van der Waals surface area (Å²) < 4.78 is 7.62. The van der Waals surface area contributed by atoms with Gasteiger partial charge >= 0.3 is 5.97 Å². The van der Waals surface area contributed by atoms with Crippen LogP contribution in [0.2, 0.25) is 0 Å². The van der Waals surface area contributed by atoms with E-state index in [1.807, 2.05) is 0 Å². The summed E-state index contributed by atoms with van der Waals surface area (Å²) in [5, 5.41) is 0. The monoisotopic (exact) mass is 437 g/mol. The Balaban J connectivity index is 1.62. The van der Waals surface area contributed by atoms with Gasteiger partial charge in [0.15, 0.2) is 4.80 Å². The quantitative estimate of drug-likeness (QED) is 0.462.